The van der Waals surface area contributed by atoms with Crippen molar-refractivity contribution in [3.05, 3.63) is 89.5 Å². The maximum Gasteiger partial charge on any atom is 0.550 e. The van der Waals surface area contributed by atoms with Gasteiger partial charge in [-0.05, 0) is 193 Å². The molecule has 0 unspecified atom stereocenters. The highest BCUT2D eigenvalue weighted by Gasteiger charge is 2.42. The predicted octanol–water partition coefficient (Wildman–Crippen LogP) is 11.4. The van der Waals surface area contributed by atoms with E-state index in [0.717, 1.165) is 57.8 Å². The molecule has 18 nitrogen and oxygen atoms in total. The van der Waals surface area contributed by atoms with Crippen LogP contribution in [0.5, 0.6) is 17.2 Å². The molecule has 0 radical (unpaired) electrons. The second-order valence-corrected chi connectivity index (χ2v) is 17.8. The quantitative estimate of drug-likeness (QED) is 0.0501. The molecule has 70 heavy (non-hydrogen) atoms. The molecule has 0 N–H and O–H groups in total. The second kappa shape index (κ2) is 27.5. The van der Waals surface area contributed by atoms with Crippen molar-refractivity contribution >= 4 is 36.4 Å². The predicted molar refractivity (Wildman–Crippen MR) is 246 cm³/mol. The largest absolute Gasteiger partial charge is 0.550 e. The van der Waals surface area contributed by atoms with Gasteiger partial charge in [-0.2, -0.15) is 14.4 Å². The molecule has 0 bridgehead atoms. The van der Waals surface area contributed by atoms with E-state index < -0.39 is 54.7 Å². The fraction of sp³-hybridized carbons (Fsp3) is 0.538. The molecule has 0 heterocycles. The Morgan fingerprint density at radius 1 is 0.371 bits per heavy atom. The van der Waals surface area contributed by atoms with Gasteiger partial charge in [0.05, 0.1) is 36.5 Å². The second-order valence-electron chi connectivity index (χ2n) is 17.8. The third-order valence-electron chi connectivity index (χ3n) is 12.8. The van der Waals surface area contributed by atoms with Crippen LogP contribution in [0.2, 0.25) is 0 Å². The van der Waals surface area contributed by atoms with E-state index in [1.165, 1.54) is 36.4 Å². The van der Waals surface area contributed by atoms with Crippen LogP contribution in [-0.2, 0) is 43.5 Å². The maximum absolute atomic E-state index is 12.6. The van der Waals surface area contributed by atoms with Crippen molar-refractivity contribution in [1.82, 2.24) is 0 Å². The maximum atomic E-state index is 12.6. The van der Waals surface area contributed by atoms with Crippen molar-refractivity contribution in [2.75, 3.05) is 19.8 Å². The van der Waals surface area contributed by atoms with E-state index >= 15 is 0 Å². The molecule has 0 spiro atoms. The van der Waals surface area contributed by atoms with E-state index in [1.54, 1.807) is 36.4 Å². The minimum absolute atomic E-state index is 0.179. The normalized spacial score (nSPS) is 21.3. The average molecular weight is 977 g/mol. The van der Waals surface area contributed by atoms with Crippen molar-refractivity contribution in [1.29, 1.82) is 0 Å². The summed E-state index contributed by atoms with van der Waals surface area (Å²) in [7, 11) is 0. The SMILES string of the molecule is CCCOc1ccc(C(=O)OOC(=O)OC2CCC(C(C3CCC(OC(=O)OOC(=O)c4ccc(OCCC)cc4)CC3)C3CCC(OC(=O)OOC(=O)c4ccc(OCCC)cc4)CC3)CC2)cc1. The Kier molecular flexibility index (Phi) is 20.7. The van der Waals surface area contributed by atoms with Gasteiger partial charge in [-0.1, -0.05) is 20.8 Å². The molecule has 3 aromatic rings. The molecule has 380 valence electrons. The summed E-state index contributed by atoms with van der Waals surface area (Å²) in [5, 5.41) is 0. The van der Waals surface area contributed by atoms with Crippen LogP contribution in [0.3, 0.4) is 0 Å². The Hall–Kier alpha value is -6.72. The van der Waals surface area contributed by atoms with E-state index in [4.69, 9.17) is 57.7 Å². The van der Waals surface area contributed by atoms with Crippen molar-refractivity contribution in [3.63, 3.8) is 0 Å². The molecule has 18 heteroatoms. The van der Waals surface area contributed by atoms with Crippen LogP contribution in [0, 0.1) is 23.7 Å². The third kappa shape index (κ3) is 16.5. The van der Waals surface area contributed by atoms with Gasteiger partial charge in [-0.15, -0.1) is 0 Å². The first-order chi connectivity index (χ1) is 34.0. The Balaban J connectivity index is 0.980. The van der Waals surface area contributed by atoms with Gasteiger partial charge in [0.25, 0.3) is 0 Å². The van der Waals surface area contributed by atoms with Crippen LogP contribution in [0.15, 0.2) is 72.8 Å². The fourth-order valence-corrected chi connectivity index (χ4v) is 9.48. The summed E-state index contributed by atoms with van der Waals surface area (Å²) in [5.74, 6) is 0.339. The Morgan fingerprint density at radius 2 is 0.614 bits per heavy atom. The summed E-state index contributed by atoms with van der Waals surface area (Å²) in [5.41, 5.74) is 0.536. The molecule has 0 saturated heterocycles. The van der Waals surface area contributed by atoms with Crippen molar-refractivity contribution in [2.45, 2.75) is 135 Å². The smallest absolute Gasteiger partial charge is 0.494 e. The van der Waals surface area contributed by atoms with Gasteiger partial charge in [0, 0.05) is 0 Å². The van der Waals surface area contributed by atoms with Gasteiger partial charge in [0.1, 0.15) is 35.6 Å². The van der Waals surface area contributed by atoms with Crippen LogP contribution in [0.1, 0.15) is 148 Å². The Labute approximate surface area is 407 Å². The average Bonchev–Trinajstić information content (AvgIpc) is 3.39. The van der Waals surface area contributed by atoms with Crippen molar-refractivity contribution in [3.8, 4) is 17.2 Å². The van der Waals surface area contributed by atoms with Crippen LogP contribution in [-0.4, -0.2) is 74.5 Å². The number of carbonyl (C=O) groups is 6. The molecule has 3 saturated carbocycles. The number of benzene rings is 3. The molecule has 0 aliphatic heterocycles. The van der Waals surface area contributed by atoms with Gasteiger partial charge in [-0.25, -0.2) is 43.7 Å². The van der Waals surface area contributed by atoms with E-state index in [0.29, 0.717) is 75.6 Å². The Morgan fingerprint density at radius 3 is 0.843 bits per heavy atom. The van der Waals surface area contributed by atoms with Gasteiger partial charge < -0.3 is 28.4 Å². The lowest BCUT2D eigenvalue weighted by Crippen LogP contribution is -2.39. The Bertz CT molecular complexity index is 1880. The molecular weight excluding hydrogens is 913 g/mol. The summed E-state index contributed by atoms with van der Waals surface area (Å²) < 4.78 is 33.3. The lowest BCUT2D eigenvalue weighted by molar-refractivity contribution is -0.209. The van der Waals surface area contributed by atoms with Gasteiger partial charge in [0.15, 0.2) is 0 Å². The summed E-state index contributed by atoms with van der Waals surface area (Å²) in [6.07, 6.45) is 5.90. The summed E-state index contributed by atoms with van der Waals surface area (Å²) >= 11 is 0. The zero-order valence-electron chi connectivity index (χ0n) is 40.0. The first kappa shape index (κ1) is 52.6. The zero-order valence-corrected chi connectivity index (χ0v) is 40.0. The van der Waals surface area contributed by atoms with Gasteiger partial charge >= 0.3 is 36.4 Å². The molecule has 3 fully saturated rings. The lowest BCUT2D eigenvalue weighted by atomic mass is 9.61. The highest BCUT2D eigenvalue weighted by molar-refractivity contribution is 5.90. The summed E-state index contributed by atoms with van der Waals surface area (Å²) in [4.78, 5) is 104. The molecule has 6 rings (SSSR count). The monoisotopic (exact) mass is 976 g/mol. The van der Waals surface area contributed by atoms with Gasteiger partial charge in [-0.3, -0.25) is 0 Å². The minimum atomic E-state index is -1.10. The molecule has 3 aliphatic carbocycles. The third-order valence-corrected chi connectivity index (χ3v) is 12.8. The number of hydrogen-bond donors (Lipinski definition) is 0. The molecule has 0 amide bonds. The topological polar surface area (TPSA) is 213 Å². The molecule has 0 atom stereocenters. The number of rotatable bonds is 18. The minimum Gasteiger partial charge on any atom is -0.494 e. The standard InChI is InChI=1S/C52H64O18/c1-4-31-59-40-19-13-37(14-20-40)47(53)65-68-50(56)62-43-25-7-34(8-26-43)46(35-9-27-44(28-10-35)63-51(57)69-66-48(54)38-15-21-41(22-16-38)60-32-5-2)36-11-29-45(30-12-36)64-52(58)70-67-49(55)39-17-23-42(24-18-39)61-33-6-3/h13-24,34-36,43-46H,4-12,25-33H2,1-3H3. The summed E-state index contributed by atoms with van der Waals surface area (Å²) in [6.45, 7) is 7.58. The molecular formula is C52H64O18. The highest BCUT2D eigenvalue weighted by Crippen LogP contribution is 2.48. The highest BCUT2D eigenvalue weighted by atomic mass is 17.2. The number of hydrogen-bond acceptors (Lipinski definition) is 18. The van der Waals surface area contributed by atoms with Crippen LogP contribution >= 0.6 is 0 Å². The van der Waals surface area contributed by atoms with Crippen LogP contribution < -0.4 is 14.2 Å². The number of carbonyl (C=O) groups excluding carboxylic acids is 6. The van der Waals surface area contributed by atoms with Crippen molar-refractivity contribution in [2.24, 2.45) is 23.7 Å². The van der Waals surface area contributed by atoms with Crippen molar-refractivity contribution < 1.29 is 86.5 Å². The molecule has 3 aliphatic rings. The van der Waals surface area contributed by atoms with E-state index in [-0.39, 0.29) is 40.4 Å². The first-order valence-corrected chi connectivity index (χ1v) is 24.5. The van der Waals surface area contributed by atoms with E-state index in [9.17, 15) is 28.8 Å². The molecule has 0 aromatic heterocycles. The van der Waals surface area contributed by atoms with E-state index in [1.807, 2.05) is 20.8 Å². The van der Waals surface area contributed by atoms with Crippen LogP contribution in [0.25, 0.3) is 0 Å². The summed E-state index contributed by atoms with van der Waals surface area (Å²) in [6, 6.07) is 18.8. The van der Waals surface area contributed by atoms with Gasteiger partial charge in [0.2, 0.25) is 0 Å². The zero-order chi connectivity index (χ0) is 49.7. The fourth-order valence-electron chi connectivity index (χ4n) is 9.48. The first-order valence-electron chi connectivity index (χ1n) is 24.5. The van der Waals surface area contributed by atoms with Crippen LogP contribution in [0.4, 0.5) is 14.4 Å². The van der Waals surface area contributed by atoms with E-state index in [2.05, 4.69) is 0 Å². The number of ether oxygens (including phenoxy) is 6. The molecule has 3 aromatic carbocycles. The lowest BCUT2D eigenvalue weighted by Gasteiger charge is -2.45.